The molecule has 0 saturated carbocycles. The maximum Gasteiger partial charge on any atom is 0.161 e. The summed E-state index contributed by atoms with van der Waals surface area (Å²) in [5.74, 6) is 1.40. The van der Waals surface area contributed by atoms with E-state index in [9.17, 15) is 5.26 Å². The first-order valence-corrected chi connectivity index (χ1v) is 7.66. The van der Waals surface area contributed by atoms with Crippen LogP contribution in [0.25, 0.3) is 0 Å². The Labute approximate surface area is 128 Å². The molecule has 0 N–H and O–H groups in total. The minimum absolute atomic E-state index is 0.241. The van der Waals surface area contributed by atoms with Gasteiger partial charge >= 0.3 is 0 Å². The molecular weight excluding hydrogens is 264 g/mol. The van der Waals surface area contributed by atoms with Gasteiger partial charge in [-0.15, -0.1) is 0 Å². The number of hydrogen-bond donors (Lipinski definition) is 0. The summed E-state index contributed by atoms with van der Waals surface area (Å²) in [5.41, 5.74) is 0.958. The van der Waals surface area contributed by atoms with Gasteiger partial charge in [0, 0.05) is 0 Å². The number of ether oxygens (including phenoxy) is 2. The van der Waals surface area contributed by atoms with Gasteiger partial charge in [0.2, 0.25) is 0 Å². The molecule has 1 unspecified atom stereocenters. The molecule has 4 heteroatoms. The summed E-state index contributed by atoms with van der Waals surface area (Å²) in [5, 5.41) is 9.58. The van der Waals surface area contributed by atoms with E-state index in [1.54, 1.807) is 7.11 Å². The average molecular weight is 290 g/mol. The summed E-state index contributed by atoms with van der Waals surface area (Å²) in [7, 11) is 1.62. The molecule has 0 fully saturated rings. The molecule has 1 aromatic carbocycles. The van der Waals surface area contributed by atoms with Crippen molar-refractivity contribution in [3.8, 4) is 17.6 Å². The lowest BCUT2D eigenvalue weighted by atomic mass is 10.0. The molecular formula is C17H26N2O2. The second-order valence-corrected chi connectivity index (χ2v) is 4.91. The molecule has 0 bridgehead atoms. The monoisotopic (exact) mass is 290 g/mol. The lowest BCUT2D eigenvalue weighted by Gasteiger charge is -2.27. The van der Waals surface area contributed by atoms with E-state index in [1.165, 1.54) is 0 Å². The molecule has 21 heavy (non-hydrogen) atoms. The fourth-order valence-corrected chi connectivity index (χ4v) is 2.44. The van der Waals surface area contributed by atoms with Crippen molar-refractivity contribution in [3.63, 3.8) is 0 Å². The summed E-state index contributed by atoms with van der Waals surface area (Å²) in [6, 6.07) is 7.94. The standard InChI is InChI=1S/C17H26N2O2/c1-5-10-19(11-6-2)15(13-18)14-8-9-16(21-7-3)17(12-14)20-4/h8-9,12,15H,5-7,10-11H2,1-4H3. The Bertz CT molecular complexity index is 462. The van der Waals surface area contributed by atoms with Gasteiger partial charge < -0.3 is 9.47 Å². The first-order valence-electron chi connectivity index (χ1n) is 7.66. The van der Waals surface area contributed by atoms with Crippen LogP contribution in [-0.4, -0.2) is 31.7 Å². The Hall–Kier alpha value is -1.73. The molecule has 0 aliphatic rings. The predicted molar refractivity (Wildman–Crippen MR) is 84.7 cm³/mol. The first-order chi connectivity index (χ1) is 10.2. The van der Waals surface area contributed by atoms with Gasteiger partial charge in [-0.2, -0.15) is 5.26 Å². The van der Waals surface area contributed by atoms with Crippen molar-refractivity contribution in [1.29, 1.82) is 5.26 Å². The van der Waals surface area contributed by atoms with Crippen LogP contribution in [0.3, 0.4) is 0 Å². The quantitative estimate of drug-likeness (QED) is 0.694. The molecule has 0 heterocycles. The summed E-state index contributed by atoms with van der Waals surface area (Å²) in [6.45, 7) is 8.64. The average Bonchev–Trinajstić information content (AvgIpc) is 2.50. The topological polar surface area (TPSA) is 45.5 Å². The Morgan fingerprint density at radius 3 is 2.29 bits per heavy atom. The van der Waals surface area contributed by atoms with Gasteiger partial charge in [0.1, 0.15) is 6.04 Å². The van der Waals surface area contributed by atoms with Crippen LogP contribution in [0.2, 0.25) is 0 Å². The Morgan fingerprint density at radius 1 is 1.14 bits per heavy atom. The van der Waals surface area contributed by atoms with Crippen molar-refractivity contribution in [2.45, 2.75) is 39.7 Å². The van der Waals surface area contributed by atoms with E-state index in [2.05, 4.69) is 24.8 Å². The molecule has 0 aliphatic carbocycles. The van der Waals surface area contributed by atoms with Crippen LogP contribution < -0.4 is 9.47 Å². The van der Waals surface area contributed by atoms with E-state index >= 15 is 0 Å². The second kappa shape index (κ2) is 9.25. The van der Waals surface area contributed by atoms with E-state index in [0.29, 0.717) is 12.4 Å². The maximum atomic E-state index is 9.58. The predicted octanol–water partition coefficient (Wildman–Crippen LogP) is 3.78. The van der Waals surface area contributed by atoms with Crippen molar-refractivity contribution < 1.29 is 9.47 Å². The zero-order chi connectivity index (χ0) is 15.7. The van der Waals surface area contributed by atoms with E-state index in [1.807, 2.05) is 25.1 Å². The molecule has 0 aromatic heterocycles. The van der Waals surface area contributed by atoms with Gasteiger partial charge in [-0.3, -0.25) is 4.90 Å². The smallest absolute Gasteiger partial charge is 0.161 e. The van der Waals surface area contributed by atoms with Crippen LogP contribution in [0, 0.1) is 11.3 Å². The minimum atomic E-state index is -0.241. The highest BCUT2D eigenvalue weighted by molar-refractivity contribution is 5.44. The van der Waals surface area contributed by atoms with Crippen molar-refractivity contribution in [3.05, 3.63) is 23.8 Å². The van der Waals surface area contributed by atoms with E-state index < -0.39 is 0 Å². The third kappa shape index (κ3) is 4.64. The highest BCUT2D eigenvalue weighted by Crippen LogP contribution is 2.32. The summed E-state index contributed by atoms with van der Waals surface area (Å²) in [4.78, 5) is 2.22. The van der Waals surface area contributed by atoms with Gasteiger partial charge in [0.15, 0.2) is 11.5 Å². The summed E-state index contributed by atoms with van der Waals surface area (Å²) >= 11 is 0. The lowest BCUT2D eigenvalue weighted by molar-refractivity contribution is 0.236. The number of rotatable bonds is 9. The van der Waals surface area contributed by atoms with Gasteiger partial charge in [-0.25, -0.2) is 0 Å². The highest BCUT2D eigenvalue weighted by atomic mass is 16.5. The van der Waals surface area contributed by atoms with Crippen molar-refractivity contribution in [1.82, 2.24) is 4.90 Å². The summed E-state index contributed by atoms with van der Waals surface area (Å²) in [6.07, 6.45) is 2.07. The molecule has 1 rings (SSSR count). The van der Waals surface area contributed by atoms with Crippen LogP contribution in [0.1, 0.15) is 45.2 Å². The molecule has 0 saturated heterocycles. The fourth-order valence-electron chi connectivity index (χ4n) is 2.44. The molecule has 4 nitrogen and oxygen atoms in total. The van der Waals surface area contributed by atoms with E-state index in [4.69, 9.17) is 9.47 Å². The van der Waals surface area contributed by atoms with Gasteiger partial charge in [-0.05, 0) is 50.6 Å². The first kappa shape index (κ1) is 17.3. The lowest BCUT2D eigenvalue weighted by Crippen LogP contribution is -2.29. The van der Waals surface area contributed by atoms with Crippen LogP contribution in [-0.2, 0) is 0 Å². The maximum absolute atomic E-state index is 9.58. The SMILES string of the molecule is CCCN(CCC)C(C#N)c1ccc(OCC)c(OC)c1. The largest absolute Gasteiger partial charge is 0.493 e. The molecule has 0 amide bonds. The van der Waals surface area contributed by atoms with Crippen LogP contribution in [0.5, 0.6) is 11.5 Å². The van der Waals surface area contributed by atoms with Crippen molar-refractivity contribution >= 4 is 0 Å². The zero-order valence-corrected chi connectivity index (χ0v) is 13.6. The second-order valence-electron chi connectivity index (χ2n) is 4.91. The Kier molecular flexibility index (Phi) is 7.63. The van der Waals surface area contributed by atoms with Gasteiger partial charge in [-0.1, -0.05) is 19.9 Å². The van der Waals surface area contributed by atoms with E-state index in [-0.39, 0.29) is 6.04 Å². The van der Waals surface area contributed by atoms with Gasteiger partial charge in [0.25, 0.3) is 0 Å². The minimum Gasteiger partial charge on any atom is -0.493 e. The summed E-state index contributed by atoms with van der Waals surface area (Å²) < 4.78 is 10.9. The number of benzene rings is 1. The number of nitriles is 1. The number of methoxy groups -OCH3 is 1. The Morgan fingerprint density at radius 2 is 1.81 bits per heavy atom. The van der Waals surface area contributed by atoms with Crippen molar-refractivity contribution in [2.75, 3.05) is 26.8 Å². The van der Waals surface area contributed by atoms with Crippen LogP contribution in [0.4, 0.5) is 0 Å². The molecule has 1 atom stereocenters. The molecule has 0 aliphatic heterocycles. The molecule has 1 aromatic rings. The normalized spacial score (nSPS) is 12.0. The third-order valence-electron chi connectivity index (χ3n) is 3.31. The molecule has 0 spiro atoms. The Balaban J connectivity index is 3.07. The highest BCUT2D eigenvalue weighted by Gasteiger charge is 2.20. The number of hydrogen-bond acceptors (Lipinski definition) is 4. The van der Waals surface area contributed by atoms with E-state index in [0.717, 1.165) is 37.2 Å². The fraction of sp³-hybridized carbons (Fsp3) is 0.588. The van der Waals surface area contributed by atoms with Crippen LogP contribution >= 0.6 is 0 Å². The van der Waals surface area contributed by atoms with Crippen LogP contribution in [0.15, 0.2) is 18.2 Å². The molecule has 116 valence electrons. The molecule has 0 radical (unpaired) electrons. The zero-order valence-electron chi connectivity index (χ0n) is 13.6. The third-order valence-corrected chi connectivity index (χ3v) is 3.31. The number of nitrogens with zero attached hydrogens (tertiary/aromatic N) is 2. The van der Waals surface area contributed by atoms with Crippen molar-refractivity contribution in [2.24, 2.45) is 0 Å². The van der Waals surface area contributed by atoms with Gasteiger partial charge in [0.05, 0.1) is 19.8 Å².